The van der Waals surface area contributed by atoms with E-state index in [2.05, 4.69) is 10.6 Å². The van der Waals surface area contributed by atoms with Gasteiger partial charge in [0.1, 0.15) is 0 Å². The Balaban J connectivity index is 1.87. The van der Waals surface area contributed by atoms with E-state index in [9.17, 15) is 13.2 Å². The normalized spacial score (nSPS) is 22.9. The Hall–Kier alpha value is -0.820. The van der Waals surface area contributed by atoms with Crippen LogP contribution in [-0.4, -0.2) is 38.4 Å². The second-order valence-corrected chi connectivity index (χ2v) is 9.62. The third-order valence-electron chi connectivity index (χ3n) is 5.13. The number of fused-ring (bicyclic) bond motifs is 1. The molecule has 0 spiro atoms. The molecule has 1 aromatic carbocycles. The van der Waals surface area contributed by atoms with Crippen molar-refractivity contribution in [2.24, 2.45) is 0 Å². The van der Waals surface area contributed by atoms with Crippen molar-refractivity contribution in [3.63, 3.8) is 0 Å². The molecule has 1 aromatic rings. The third kappa shape index (κ3) is 2.94. The minimum atomic E-state index is -3.52. The van der Waals surface area contributed by atoms with Crippen LogP contribution in [0.1, 0.15) is 36.4 Å². The SMILES string of the molecule is CS(=O)(=O)C1(C(=O)NC2CCc3c2ccc(Cl)c3Cl)CCNCC1. The predicted molar refractivity (Wildman–Crippen MR) is 95.3 cm³/mol. The molecule has 2 aliphatic rings. The van der Waals surface area contributed by atoms with Gasteiger partial charge in [-0.05, 0) is 56.0 Å². The molecular weight excluding hydrogens is 371 g/mol. The number of halogens is 2. The summed E-state index contributed by atoms with van der Waals surface area (Å²) in [6, 6.07) is 3.34. The lowest BCUT2D eigenvalue weighted by Crippen LogP contribution is -2.57. The standard InChI is InChI=1S/C16H20Cl2N2O3S/c1-24(22,23)16(6-8-19-9-7-16)15(21)20-13-5-3-11-10(13)2-4-12(17)14(11)18/h2,4,13,19H,3,5-9H2,1H3,(H,20,21). The fraction of sp³-hybridized carbons (Fsp3) is 0.562. The summed E-state index contributed by atoms with van der Waals surface area (Å²) in [6.07, 6.45) is 3.14. The maximum Gasteiger partial charge on any atom is 0.242 e. The van der Waals surface area contributed by atoms with Crippen molar-refractivity contribution >= 4 is 38.9 Å². The number of hydrogen-bond donors (Lipinski definition) is 2. The van der Waals surface area contributed by atoms with Crippen LogP contribution in [0.4, 0.5) is 0 Å². The summed E-state index contributed by atoms with van der Waals surface area (Å²) in [7, 11) is -3.52. The van der Waals surface area contributed by atoms with Crippen molar-refractivity contribution in [1.29, 1.82) is 0 Å². The van der Waals surface area contributed by atoms with E-state index in [0.717, 1.165) is 17.4 Å². The summed E-state index contributed by atoms with van der Waals surface area (Å²) >= 11 is 12.3. The maximum atomic E-state index is 12.9. The van der Waals surface area contributed by atoms with Gasteiger partial charge in [0, 0.05) is 6.26 Å². The summed E-state index contributed by atoms with van der Waals surface area (Å²) in [5, 5.41) is 7.08. The number of piperidine rings is 1. The van der Waals surface area contributed by atoms with Crippen molar-refractivity contribution in [1.82, 2.24) is 10.6 Å². The summed E-state index contributed by atoms with van der Waals surface area (Å²) in [6.45, 7) is 1.03. The van der Waals surface area contributed by atoms with Crippen molar-refractivity contribution in [3.8, 4) is 0 Å². The van der Waals surface area contributed by atoms with E-state index in [0.29, 0.717) is 48.8 Å². The Morgan fingerprint density at radius 3 is 2.58 bits per heavy atom. The number of hydrogen-bond acceptors (Lipinski definition) is 4. The monoisotopic (exact) mass is 390 g/mol. The number of rotatable bonds is 3. The van der Waals surface area contributed by atoms with E-state index in [-0.39, 0.29) is 6.04 Å². The number of sulfone groups is 1. The Bertz CT molecular complexity index is 774. The number of carbonyl (C=O) groups excluding carboxylic acids is 1. The smallest absolute Gasteiger partial charge is 0.242 e. The molecular formula is C16H20Cl2N2O3S. The minimum Gasteiger partial charge on any atom is -0.348 e. The number of benzene rings is 1. The fourth-order valence-corrected chi connectivity index (χ4v) is 5.45. The average Bonchev–Trinajstić information content (AvgIpc) is 2.94. The van der Waals surface area contributed by atoms with Gasteiger partial charge in [-0.15, -0.1) is 0 Å². The lowest BCUT2D eigenvalue weighted by molar-refractivity contribution is -0.125. The molecule has 1 unspecified atom stereocenters. The molecule has 0 saturated carbocycles. The first-order chi connectivity index (χ1) is 11.3. The van der Waals surface area contributed by atoms with Crippen LogP contribution in [0.2, 0.25) is 10.0 Å². The molecule has 1 atom stereocenters. The zero-order chi connectivity index (χ0) is 17.5. The average molecular weight is 391 g/mol. The van der Waals surface area contributed by atoms with E-state index in [1.165, 1.54) is 0 Å². The van der Waals surface area contributed by atoms with Crippen LogP contribution in [0.25, 0.3) is 0 Å². The lowest BCUT2D eigenvalue weighted by atomic mass is 9.95. The van der Waals surface area contributed by atoms with Gasteiger partial charge < -0.3 is 10.6 Å². The van der Waals surface area contributed by atoms with Crippen LogP contribution in [-0.2, 0) is 21.1 Å². The molecule has 1 saturated heterocycles. The minimum absolute atomic E-state index is 0.226. The Kier molecular flexibility index (Phi) is 4.86. The fourth-order valence-electron chi connectivity index (χ4n) is 3.67. The number of amides is 1. The third-order valence-corrected chi connectivity index (χ3v) is 7.99. The predicted octanol–water partition coefficient (Wildman–Crippen LogP) is 2.26. The van der Waals surface area contributed by atoms with Gasteiger partial charge in [0.15, 0.2) is 14.6 Å². The molecule has 5 nitrogen and oxygen atoms in total. The van der Waals surface area contributed by atoms with Crippen LogP contribution >= 0.6 is 23.2 Å². The topological polar surface area (TPSA) is 75.3 Å². The lowest BCUT2D eigenvalue weighted by Gasteiger charge is -2.35. The van der Waals surface area contributed by atoms with Gasteiger partial charge in [0.25, 0.3) is 0 Å². The van der Waals surface area contributed by atoms with Gasteiger partial charge in [-0.25, -0.2) is 8.42 Å². The van der Waals surface area contributed by atoms with Crippen LogP contribution in [0.5, 0.6) is 0 Å². The second kappa shape index (κ2) is 6.48. The summed E-state index contributed by atoms with van der Waals surface area (Å²) in [5.41, 5.74) is 1.86. The van der Waals surface area contributed by atoms with E-state index >= 15 is 0 Å². The first-order valence-electron chi connectivity index (χ1n) is 7.94. The molecule has 3 rings (SSSR count). The van der Waals surface area contributed by atoms with Crippen LogP contribution in [0.3, 0.4) is 0 Å². The highest BCUT2D eigenvalue weighted by atomic mass is 35.5. The van der Waals surface area contributed by atoms with Gasteiger partial charge in [-0.1, -0.05) is 29.3 Å². The van der Waals surface area contributed by atoms with Gasteiger partial charge in [-0.3, -0.25) is 4.79 Å². The second-order valence-electron chi connectivity index (χ2n) is 6.51. The Morgan fingerprint density at radius 2 is 1.96 bits per heavy atom. The highest BCUT2D eigenvalue weighted by molar-refractivity contribution is 7.92. The summed E-state index contributed by atoms with van der Waals surface area (Å²) in [4.78, 5) is 12.9. The van der Waals surface area contributed by atoms with Gasteiger partial charge in [0.05, 0.1) is 16.1 Å². The molecule has 0 radical (unpaired) electrons. The highest BCUT2D eigenvalue weighted by Gasteiger charge is 2.49. The molecule has 1 aliphatic carbocycles. The van der Waals surface area contributed by atoms with E-state index in [1.54, 1.807) is 6.07 Å². The van der Waals surface area contributed by atoms with Gasteiger partial charge in [0.2, 0.25) is 5.91 Å². The highest BCUT2D eigenvalue weighted by Crippen LogP contribution is 2.40. The van der Waals surface area contributed by atoms with Crippen molar-refractivity contribution in [3.05, 3.63) is 33.3 Å². The maximum absolute atomic E-state index is 12.9. The summed E-state index contributed by atoms with van der Waals surface area (Å²) in [5.74, 6) is -0.407. The molecule has 2 N–H and O–H groups in total. The zero-order valence-electron chi connectivity index (χ0n) is 13.4. The Labute approximate surface area is 152 Å². The van der Waals surface area contributed by atoms with Crippen molar-refractivity contribution in [2.45, 2.75) is 36.5 Å². The molecule has 132 valence electrons. The van der Waals surface area contributed by atoms with Crippen LogP contribution < -0.4 is 10.6 Å². The Morgan fingerprint density at radius 1 is 1.29 bits per heavy atom. The molecule has 8 heteroatoms. The molecule has 1 aliphatic heterocycles. The van der Waals surface area contributed by atoms with Gasteiger partial charge in [-0.2, -0.15) is 0 Å². The largest absolute Gasteiger partial charge is 0.348 e. The first kappa shape index (κ1) is 18.0. The molecule has 1 fully saturated rings. The zero-order valence-corrected chi connectivity index (χ0v) is 15.7. The van der Waals surface area contributed by atoms with Crippen molar-refractivity contribution in [2.75, 3.05) is 19.3 Å². The molecule has 0 bridgehead atoms. The van der Waals surface area contributed by atoms with Gasteiger partial charge >= 0.3 is 0 Å². The number of carbonyl (C=O) groups is 1. The van der Waals surface area contributed by atoms with Crippen LogP contribution in [0.15, 0.2) is 12.1 Å². The molecule has 1 heterocycles. The quantitative estimate of drug-likeness (QED) is 0.829. The van der Waals surface area contributed by atoms with Crippen LogP contribution in [0, 0.1) is 0 Å². The first-order valence-corrected chi connectivity index (χ1v) is 10.6. The number of nitrogens with one attached hydrogen (secondary N) is 2. The molecule has 0 aromatic heterocycles. The van der Waals surface area contributed by atoms with E-state index in [4.69, 9.17) is 23.2 Å². The summed E-state index contributed by atoms with van der Waals surface area (Å²) < 4.78 is 23.3. The van der Waals surface area contributed by atoms with E-state index < -0.39 is 20.5 Å². The van der Waals surface area contributed by atoms with E-state index in [1.807, 2.05) is 6.07 Å². The molecule has 24 heavy (non-hydrogen) atoms. The van der Waals surface area contributed by atoms with Crippen molar-refractivity contribution < 1.29 is 13.2 Å². The molecule has 1 amide bonds.